The van der Waals surface area contributed by atoms with Crippen molar-refractivity contribution < 1.29 is 9.53 Å². The molecule has 0 saturated carbocycles. The highest BCUT2D eigenvalue weighted by atomic mass is 32.1. The Labute approximate surface area is 154 Å². The number of H-pyrrole nitrogens is 1. The van der Waals surface area contributed by atoms with Crippen molar-refractivity contribution in [3.05, 3.63) is 56.0 Å². The van der Waals surface area contributed by atoms with Gasteiger partial charge in [-0.15, -0.1) is 11.3 Å². The van der Waals surface area contributed by atoms with Crippen molar-refractivity contribution in [2.45, 2.75) is 33.2 Å². The summed E-state index contributed by atoms with van der Waals surface area (Å²) in [6.45, 7) is 6.78. The molecule has 1 aromatic carbocycles. The van der Waals surface area contributed by atoms with Crippen LogP contribution in [0.25, 0.3) is 21.3 Å². The Balaban J connectivity index is 2.37. The van der Waals surface area contributed by atoms with Crippen LogP contribution in [-0.2, 0) is 15.1 Å². The van der Waals surface area contributed by atoms with Crippen molar-refractivity contribution in [2.75, 3.05) is 6.61 Å². The number of carbonyl (C=O) groups excluding carboxylic acids is 1. The molecule has 136 valence electrons. The molecule has 0 radical (unpaired) electrons. The minimum absolute atomic E-state index is 0.171. The van der Waals surface area contributed by atoms with Crippen LogP contribution >= 0.6 is 11.3 Å². The molecule has 2 heterocycles. The van der Waals surface area contributed by atoms with Gasteiger partial charge in [-0.3, -0.25) is 9.78 Å². The van der Waals surface area contributed by atoms with Crippen LogP contribution in [0.3, 0.4) is 0 Å². The van der Waals surface area contributed by atoms with Gasteiger partial charge in [-0.1, -0.05) is 30.3 Å². The number of aromatic amines is 1. The van der Waals surface area contributed by atoms with Crippen LogP contribution in [0.1, 0.15) is 25.6 Å². The molecule has 0 aliphatic carbocycles. The van der Waals surface area contributed by atoms with Gasteiger partial charge in [0.05, 0.1) is 12.0 Å². The van der Waals surface area contributed by atoms with E-state index >= 15 is 0 Å². The molecule has 26 heavy (non-hydrogen) atoms. The second-order valence-corrected chi connectivity index (χ2v) is 7.68. The zero-order valence-corrected chi connectivity index (χ0v) is 15.9. The molecular formula is C19H20N2O4S. The summed E-state index contributed by atoms with van der Waals surface area (Å²) >= 11 is 1.35. The van der Waals surface area contributed by atoms with E-state index in [-0.39, 0.29) is 6.61 Å². The fraction of sp³-hybridized carbons (Fsp3) is 0.316. The Morgan fingerprint density at radius 3 is 2.50 bits per heavy atom. The first kappa shape index (κ1) is 18.1. The number of aryl methyl sites for hydroxylation is 1. The second-order valence-electron chi connectivity index (χ2n) is 6.45. The molecule has 0 atom stereocenters. The summed E-state index contributed by atoms with van der Waals surface area (Å²) in [6.07, 6.45) is 0. The number of hydrogen-bond donors (Lipinski definition) is 1. The van der Waals surface area contributed by atoms with Crippen LogP contribution in [-0.4, -0.2) is 22.1 Å². The number of fused-ring (bicyclic) bond motifs is 1. The molecule has 0 aliphatic rings. The minimum Gasteiger partial charge on any atom is -0.464 e. The molecular weight excluding hydrogens is 352 g/mol. The molecule has 3 rings (SSSR count). The van der Waals surface area contributed by atoms with E-state index in [1.165, 1.54) is 25.2 Å². The maximum atomic E-state index is 13.3. The maximum Gasteiger partial charge on any atom is 0.332 e. The van der Waals surface area contributed by atoms with Crippen molar-refractivity contribution in [1.82, 2.24) is 9.55 Å². The molecule has 3 aromatic rings. The largest absolute Gasteiger partial charge is 0.464 e. The molecule has 0 unspecified atom stereocenters. The molecule has 2 aromatic heterocycles. The number of benzene rings is 1. The van der Waals surface area contributed by atoms with E-state index in [0.717, 1.165) is 20.6 Å². The van der Waals surface area contributed by atoms with Crippen LogP contribution in [0.5, 0.6) is 0 Å². The van der Waals surface area contributed by atoms with Crippen LogP contribution in [0.2, 0.25) is 0 Å². The predicted molar refractivity (Wildman–Crippen MR) is 103 cm³/mol. The Bertz CT molecular complexity index is 1090. The summed E-state index contributed by atoms with van der Waals surface area (Å²) in [5.74, 6) is -0.625. The van der Waals surface area contributed by atoms with E-state index in [2.05, 4.69) is 4.98 Å². The van der Waals surface area contributed by atoms with E-state index in [9.17, 15) is 14.4 Å². The van der Waals surface area contributed by atoms with Gasteiger partial charge in [-0.25, -0.2) is 14.2 Å². The van der Waals surface area contributed by atoms with E-state index in [0.29, 0.717) is 10.2 Å². The lowest BCUT2D eigenvalue weighted by Crippen LogP contribution is -2.51. The number of rotatable bonds is 4. The molecule has 7 heteroatoms. The summed E-state index contributed by atoms with van der Waals surface area (Å²) in [7, 11) is 0. The van der Waals surface area contributed by atoms with Gasteiger partial charge in [0.2, 0.25) is 0 Å². The monoisotopic (exact) mass is 372 g/mol. The lowest BCUT2D eigenvalue weighted by Gasteiger charge is -2.24. The molecule has 0 saturated heterocycles. The normalized spacial score (nSPS) is 11.7. The third-order valence-corrected chi connectivity index (χ3v) is 5.34. The van der Waals surface area contributed by atoms with Gasteiger partial charge in [0, 0.05) is 10.4 Å². The van der Waals surface area contributed by atoms with Crippen LogP contribution in [0.15, 0.2) is 39.9 Å². The molecule has 0 bridgehead atoms. The summed E-state index contributed by atoms with van der Waals surface area (Å²) in [5.41, 5.74) is -0.869. The molecule has 0 aliphatic heterocycles. The molecule has 0 fully saturated rings. The van der Waals surface area contributed by atoms with Crippen molar-refractivity contribution in [3.8, 4) is 11.1 Å². The first-order chi connectivity index (χ1) is 12.3. The predicted octanol–water partition coefficient (Wildman–Crippen LogP) is 3.02. The van der Waals surface area contributed by atoms with Crippen LogP contribution in [0.4, 0.5) is 0 Å². The number of esters is 1. The average Bonchev–Trinajstić information content (AvgIpc) is 2.91. The third kappa shape index (κ3) is 2.78. The third-order valence-electron chi connectivity index (χ3n) is 4.32. The Kier molecular flexibility index (Phi) is 4.58. The van der Waals surface area contributed by atoms with Gasteiger partial charge in [-0.2, -0.15) is 0 Å². The summed E-state index contributed by atoms with van der Waals surface area (Å²) < 4.78 is 6.00. The molecule has 6 nitrogen and oxygen atoms in total. The number of aromatic nitrogens is 2. The van der Waals surface area contributed by atoms with Crippen molar-refractivity contribution in [2.24, 2.45) is 0 Å². The van der Waals surface area contributed by atoms with Gasteiger partial charge in [0.25, 0.3) is 5.56 Å². The smallest absolute Gasteiger partial charge is 0.332 e. The first-order valence-electron chi connectivity index (χ1n) is 8.30. The van der Waals surface area contributed by atoms with E-state index < -0.39 is 22.8 Å². The highest BCUT2D eigenvalue weighted by molar-refractivity contribution is 7.19. The standard InChI is InChI=1S/C19H20N2O4S/c1-5-25-17(23)19(3,4)21-16(22)14-13(12-9-7-6-8-10-12)11(2)26-15(14)20-18(21)24/h6-10H,5H2,1-4H3,(H,20,24). The fourth-order valence-electron chi connectivity index (χ4n) is 3.05. The van der Waals surface area contributed by atoms with Crippen LogP contribution in [0, 0.1) is 6.92 Å². The van der Waals surface area contributed by atoms with Gasteiger partial charge in [-0.05, 0) is 33.3 Å². The summed E-state index contributed by atoms with van der Waals surface area (Å²) in [6, 6.07) is 9.52. The van der Waals surface area contributed by atoms with Crippen LogP contribution < -0.4 is 11.2 Å². The number of thiophene rings is 1. The Morgan fingerprint density at radius 2 is 1.88 bits per heavy atom. The highest BCUT2D eigenvalue weighted by Gasteiger charge is 2.35. The lowest BCUT2D eigenvalue weighted by atomic mass is 10.0. The molecule has 0 spiro atoms. The minimum atomic E-state index is -1.42. The second kappa shape index (κ2) is 6.57. The van der Waals surface area contributed by atoms with E-state index in [4.69, 9.17) is 4.74 Å². The summed E-state index contributed by atoms with van der Waals surface area (Å²) in [5, 5.41) is 0.413. The number of nitrogens with one attached hydrogen (secondary N) is 1. The average molecular weight is 372 g/mol. The quantitative estimate of drug-likeness (QED) is 0.714. The lowest BCUT2D eigenvalue weighted by molar-refractivity contribution is -0.152. The Hall–Kier alpha value is -2.67. The topological polar surface area (TPSA) is 81.2 Å². The van der Waals surface area contributed by atoms with Crippen molar-refractivity contribution in [3.63, 3.8) is 0 Å². The number of hydrogen-bond acceptors (Lipinski definition) is 5. The van der Waals surface area contributed by atoms with E-state index in [1.54, 1.807) is 6.92 Å². The summed E-state index contributed by atoms with van der Waals surface area (Å²) in [4.78, 5) is 42.3. The number of carbonyl (C=O) groups is 1. The van der Waals surface area contributed by atoms with Gasteiger partial charge in [0.1, 0.15) is 10.4 Å². The zero-order chi connectivity index (χ0) is 19.1. The van der Waals surface area contributed by atoms with E-state index in [1.807, 2.05) is 37.3 Å². The maximum absolute atomic E-state index is 13.3. The van der Waals surface area contributed by atoms with Gasteiger partial charge >= 0.3 is 11.7 Å². The van der Waals surface area contributed by atoms with Gasteiger partial charge in [0.15, 0.2) is 0 Å². The highest BCUT2D eigenvalue weighted by Crippen LogP contribution is 2.35. The number of ether oxygens (including phenoxy) is 1. The van der Waals surface area contributed by atoms with Crippen molar-refractivity contribution in [1.29, 1.82) is 0 Å². The zero-order valence-electron chi connectivity index (χ0n) is 15.1. The Morgan fingerprint density at radius 1 is 1.23 bits per heavy atom. The van der Waals surface area contributed by atoms with Crippen molar-refractivity contribution >= 4 is 27.5 Å². The van der Waals surface area contributed by atoms with Gasteiger partial charge < -0.3 is 4.74 Å². The molecule has 1 N–H and O–H groups in total. The molecule has 0 amide bonds. The first-order valence-corrected chi connectivity index (χ1v) is 9.12. The number of nitrogens with zero attached hydrogens (tertiary/aromatic N) is 1. The SMILES string of the molecule is CCOC(=O)C(C)(C)n1c(=O)[nH]c2sc(C)c(-c3ccccc3)c2c1=O. The fourth-order valence-corrected chi connectivity index (χ4v) is 4.11.